The van der Waals surface area contributed by atoms with Crippen molar-refractivity contribution in [3.8, 4) is 28.6 Å². The number of amides is 1. The van der Waals surface area contributed by atoms with Crippen LogP contribution < -0.4 is 15.2 Å². The average molecular weight is 663 g/mol. The molecule has 2 bridgehead atoms. The van der Waals surface area contributed by atoms with Gasteiger partial charge in [0.1, 0.15) is 39.1 Å². The highest BCUT2D eigenvalue weighted by Gasteiger charge is 2.48. The van der Waals surface area contributed by atoms with Gasteiger partial charge in [-0.1, -0.05) is 42.5 Å². The predicted molar refractivity (Wildman–Crippen MR) is 181 cm³/mol. The van der Waals surface area contributed by atoms with Gasteiger partial charge in [0.15, 0.2) is 0 Å². The van der Waals surface area contributed by atoms with Crippen LogP contribution in [0.2, 0.25) is 0 Å². The van der Waals surface area contributed by atoms with Crippen molar-refractivity contribution in [2.75, 3.05) is 20.8 Å². The van der Waals surface area contributed by atoms with E-state index in [1.165, 1.54) is 24.6 Å². The normalized spacial score (nSPS) is 22.1. The molecule has 1 aliphatic heterocycles. The summed E-state index contributed by atoms with van der Waals surface area (Å²) in [7, 11) is 3.18. The van der Waals surface area contributed by atoms with Crippen LogP contribution in [0.15, 0.2) is 57.9 Å². The van der Waals surface area contributed by atoms with E-state index in [-0.39, 0.29) is 24.3 Å². The number of fused-ring (bicyclic) bond motifs is 2. The van der Waals surface area contributed by atoms with Crippen LogP contribution in [-0.2, 0) is 27.2 Å². The molecule has 11 heteroatoms. The van der Waals surface area contributed by atoms with E-state index in [0.717, 1.165) is 29.5 Å². The van der Waals surface area contributed by atoms with Crippen LogP contribution in [0.25, 0.3) is 17.4 Å². The summed E-state index contributed by atoms with van der Waals surface area (Å²) in [5.74, 6) is 3.19. The van der Waals surface area contributed by atoms with Gasteiger partial charge in [0.05, 0.1) is 31.3 Å². The number of ether oxygens (including phenoxy) is 3. The molecule has 0 radical (unpaired) electrons. The molecule has 1 saturated heterocycles. The maximum absolute atomic E-state index is 13.7. The second-order valence-corrected chi connectivity index (χ2v) is 13.8. The Morgan fingerprint density at radius 2 is 1.96 bits per heavy atom. The molecule has 3 aromatic rings. The van der Waals surface area contributed by atoms with E-state index in [1.54, 1.807) is 50.6 Å². The topological polar surface area (TPSA) is 124 Å². The fraction of sp³-hybridized carbons (Fsp3) is 0.400. The molecule has 3 fully saturated rings. The number of carbonyl (C=O) groups excluding carboxylic acids is 2. The lowest BCUT2D eigenvalue weighted by Gasteiger charge is -2.30. The number of furan rings is 1. The van der Waals surface area contributed by atoms with Crippen LogP contribution in [-0.4, -0.2) is 59.1 Å². The third-order valence-electron chi connectivity index (χ3n) is 9.16. The summed E-state index contributed by atoms with van der Waals surface area (Å²) in [6.45, 7) is 0.167. The van der Waals surface area contributed by atoms with Crippen molar-refractivity contribution in [1.82, 2.24) is 4.90 Å². The summed E-state index contributed by atoms with van der Waals surface area (Å²) < 4.78 is 23.5. The van der Waals surface area contributed by atoms with E-state index in [9.17, 15) is 14.7 Å². The number of nitrogens with two attached hydrogens (primary N) is 1. The van der Waals surface area contributed by atoms with Crippen molar-refractivity contribution in [2.45, 2.75) is 57.0 Å². The zero-order valence-corrected chi connectivity index (χ0v) is 27.5. The van der Waals surface area contributed by atoms with Gasteiger partial charge in [-0.15, -0.1) is 0 Å². The Kier molecular flexibility index (Phi) is 9.72. The van der Waals surface area contributed by atoms with Gasteiger partial charge in [-0.3, -0.25) is 14.5 Å². The number of rotatable bonds is 12. The number of hydrogen-bond acceptors (Lipinski definition) is 10. The molecule has 46 heavy (non-hydrogen) atoms. The second kappa shape index (κ2) is 13.9. The zero-order chi connectivity index (χ0) is 32.4. The standard InChI is InChI=1S/C35H38N2O7S2/c1-41-25-11-12-26(30(18-25)42-2)31-17-23(4-3-13-43-34(40)27(36)15-20-6-9-24(38)10-7-20)29(44-31)19-32-33(39)37(35(45)46-32)28-16-21-5-8-22(28)14-21/h6-7,9-12,17-19,21-22,27-28,38H,3-5,8,13-16,36H2,1-2H3/b32-19-/t21-,22-,27-,28-/m0/s1. The maximum Gasteiger partial charge on any atom is 0.323 e. The van der Waals surface area contributed by atoms with Crippen LogP contribution in [0.4, 0.5) is 0 Å². The highest BCUT2D eigenvalue weighted by Crippen LogP contribution is 2.49. The molecule has 1 amide bonds. The Hall–Kier alpha value is -3.80. The smallest absolute Gasteiger partial charge is 0.323 e. The molecule has 4 atom stereocenters. The van der Waals surface area contributed by atoms with Gasteiger partial charge < -0.3 is 29.5 Å². The molecular formula is C35H38N2O7S2. The SMILES string of the molecule is COc1ccc(-c2cc(CCCOC(=O)[C@@H](N)Cc3ccc(O)cc3)c(/C=C3\SC(=S)N([C@H]4C[C@H]5CC[C@H]4C5)C3=O)o2)c(OC)c1. The quantitative estimate of drug-likeness (QED) is 0.102. The van der Waals surface area contributed by atoms with Gasteiger partial charge in [0.25, 0.3) is 5.91 Å². The summed E-state index contributed by atoms with van der Waals surface area (Å²) in [5.41, 5.74) is 8.52. The van der Waals surface area contributed by atoms with Crippen molar-refractivity contribution in [1.29, 1.82) is 0 Å². The molecule has 2 aliphatic carbocycles. The lowest BCUT2D eigenvalue weighted by Crippen LogP contribution is -2.41. The van der Waals surface area contributed by atoms with E-state index >= 15 is 0 Å². The van der Waals surface area contributed by atoms with Crippen molar-refractivity contribution < 1.29 is 33.3 Å². The van der Waals surface area contributed by atoms with Gasteiger partial charge in [0, 0.05) is 18.2 Å². The van der Waals surface area contributed by atoms with Gasteiger partial charge >= 0.3 is 5.97 Å². The van der Waals surface area contributed by atoms with Crippen LogP contribution in [0.1, 0.15) is 49.0 Å². The molecule has 3 N–H and O–H groups in total. The monoisotopic (exact) mass is 662 g/mol. The number of benzene rings is 2. The Morgan fingerprint density at radius 1 is 1.15 bits per heavy atom. The lowest BCUT2D eigenvalue weighted by molar-refractivity contribution is -0.145. The minimum atomic E-state index is -0.819. The minimum Gasteiger partial charge on any atom is -0.508 e. The number of nitrogens with zero attached hydrogens (tertiary/aromatic N) is 1. The Bertz CT molecular complexity index is 1650. The molecule has 2 aromatic carbocycles. The molecule has 1 aromatic heterocycles. The van der Waals surface area contributed by atoms with E-state index in [0.29, 0.717) is 63.3 Å². The highest BCUT2D eigenvalue weighted by molar-refractivity contribution is 8.26. The van der Waals surface area contributed by atoms with E-state index in [4.69, 9.17) is 36.6 Å². The summed E-state index contributed by atoms with van der Waals surface area (Å²) in [5, 5.41) is 9.48. The first kappa shape index (κ1) is 32.2. The molecule has 2 heterocycles. The number of esters is 1. The number of aryl methyl sites for hydroxylation is 1. The van der Waals surface area contributed by atoms with Gasteiger partial charge in [-0.2, -0.15) is 0 Å². The van der Waals surface area contributed by atoms with Gasteiger partial charge in [-0.05, 0) is 91.8 Å². The third kappa shape index (κ3) is 6.82. The molecule has 6 rings (SSSR count). The molecule has 2 saturated carbocycles. The number of carbonyl (C=O) groups is 2. The van der Waals surface area contributed by atoms with E-state index in [2.05, 4.69) is 0 Å². The van der Waals surface area contributed by atoms with Crippen LogP contribution in [0.3, 0.4) is 0 Å². The molecule has 0 spiro atoms. The van der Waals surface area contributed by atoms with Gasteiger partial charge in [-0.25, -0.2) is 0 Å². The average Bonchev–Trinajstić information content (AvgIpc) is 3.84. The predicted octanol–water partition coefficient (Wildman–Crippen LogP) is 6.11. The minimum absolute atomic E-state index is 0.0602. The first-order chi connectivity index (χ1) is 22.2. The molecule has 0 unspecified atom stereocenters. The molecular weight excluding hydrogens is 625 g/mol. The van der Waals surface area contributed by atoms with Crippen LogP contribution >= 0.6 is 24.0 Å². The number of phenolic OH excluding ortho intramolecular Hbond substituents is 1. The number of thiocarbonyl (C=S) groups is 1. The molecule has 3 aliphatic rings. The third-order valence-corrected chi connectivity index (χ3v) is 10.5. The van der Waals surface area contributed by atoms with Crippen LogP contribution in [0.5, 0.6) is 17.2 Å². The fourth-order valence-corrected chi connectivity index (χ4v) is 8.16. The second-order valence-electron chi connectivity index (χ2n) is 12.1. The molecule has 242 valence electrons. The number of aromatic hydroxyl groups is 1. The Labute approximate surface area is 278 Å². The first-order valence-electron chi connectivity index (χ1n) is 15.6. The number of phenols is 1. The van der Waals surface area contributed by atoms with Crippen LogP contribution in [0, 0.1) is 11.8 Å². The zero-order valence-electron chi connectivity index (χ0n) is 25.9. The largest absolute Gasteiger partial charge is 0.508 e. The van der Waals surface area contributed by atoms with E-state index in [1.807, 2.05) is 23.1 Å². The number of methoxy groups -OCH3 is 2. The lowest BCUT2D eigenvalue weighted by atomic mass is 9.94. The molecule has 9 nitrogen and oxygen atoms in total. The maximum atomic E-state index is 13.7. The van der Waals surface area contributed by atoms with Crippen molar-refractivity contribution >= 4 is 46.3 Å². The van der Waals surface area contributed by atoms with Crippen molar-refractivity contribution in [3.05, 3.63) is 70.3 Å². The van der Waals surface area contributed by atoms with E-state index < -0.39 is 12.0 Å². The van der Waals surface area contributed by atoms with Crippen molar-refractivity contribution in [2.24, 2.45) is 17.6 Å². The summed E-state index contributed by atoms with van der Waals surface area (Å²) in [4.78, 5) is 28.6. The van der Waals surface area contributed by atoms with Crippen molar-refractivity contribution in [3.63, 3.8) is 0 Å². The summed E-state index contributed by atoms with van der Waals surface area (Å²) in [6, 6.07) is 13.4. The number of hydrogen-bond donors (Lipinski definition) is 2. The Morgan fingerprint density at radius 3 is 2.65 bits per heavy atom. The van der Waals surface area contributed by atoms with Gasteiger partial charge in [0.2, 0.25) is 0 Å². The first-order valence-corrected chi connectivity index (χ1v) is 16.8. The summed E-state index contributed by atoms with van der Waals surface area (Å²) >= 11 is 7.04. The fourth-order valence-electron chi connectivity index (χ4n) is 6.82. The Balaban J connectivity index is 1.18. The summed E-state index contributed by atoms with van der Waals surface area (Å²) in [6.07, 6.45) is 7.76. The number of thioether (sulfide) groups is 1. The highest BCUT2D eigenvalue weighted by atomic mass is 32.2.